The van der Waals surface area contributed by atoms with Gasteiger partial charge in [-0.1, -0.05) is 182 Å². The maximum Gasteiger partial charge on any atom is 0.0495 e. The van der Waals surface area contributed by atoms with Crippen molar-refractivity contribution < 1.29 is 0 Å². The first kappa shape index (κ1) is 52.5. The van der Waals surface area contributed by atoms with Crippen molar-refractivity contribution in [3.05, 3.63) is 325 Å². The van der Waals surface area contributed by atoms with Crippen LogP contribution in [0.2, 0.25) is 0 Å². The molecule has 0 spiro atoms. The Labute approximate surface area is 484 Å². The van der Waals surface area contributed by atoms with Gasteiger partial charge in [0.15, 0.2) is 0 Å². The van der Waals surface area contributed by atoms with Crippen molar-refractivity contribution >= 4 is 68.2 Å². The van der Waals surface area contributed by atoms with Crippen molar-refractivity contribution in [3.63, 3.8) is 0 Å². The molecular formula is C78H66N4. The molecule has 12 aromatic carbocycles. The quantitative estimate of drug-likeness (QED) is 0.101. The summed E-state index contributed by atoms with van der Waals surface area (Å²) < 4.78 is 0. The molecule has 0 unspecified atom stereocenters. The molecule has 0 aromatic heterocycles. The number of hydrogen-bond acceptors (Lipinski definition) is 4. The van der Waals surface area contributed by atoms with Crippen LogP contribution in [-0.2, 0) is 0 Å². The number of rotatable bonds is 15. The number of anilines is 12. The van der Waals surface area contributed by atoms with E-state index in [1.165, 1.54) is 33.4 Å². The Balaban J connectivity index is 1.04. The van der Waals surface area contributed by atoms with Gasteiger partial charge in [0.05, 0.1) is 0 Å². The summed E-state index contributed by atoms with van der Waals surface area (Å²) in [5, 5.41) is 0. The molecule has 4 nitrogen and oxygen atoms in total. The summed E-state index contributed by atoms with van der Waals surface area (Å²) in [7, 11) is 0. The molecule has 0 atom stereocenters. The zero-order valence-electron chi connectivity index (χ0n) is 47.5. The van der Waals surface area contributed by atoms with E-state index in [1.54, 1.807) is 0 Å². The predicted molar refractivity (Wildman–Crippen MR) is 350 cm³/mol. The Hall–Kier alpha value is -10.2. The van der Waals surface area contributed by atoms with Gasteiger partial charge in [0.25, 0.3) is 0 Å². The van der Waals surface area contributed by atoms with Gasteiger partial charge < -0.3 is 19.6 Å². The van der Waals surface area contributed by atoms with Gasteiger partial charge in [-0.25, -0.2) is 0 Å². The first-order chi connectivity index (χ1) is 40.2. The zero-order chi connectivity index (χ0) is 56.1. The Morgan fingerprint density at radius 2 is 0.341 bits per heavy atom. The molecule has 0 amide bonds. The summed E-state index contributed by atoms with van der Waals surface area (Å²) in [4.78, 5) is 9.76. The molecule has 0 fully saturated rings. The number of nitrogens with zero attached hydrogens (tertiary/aromatic N) is 4. The van der Waals surface area contributed by atoms with Crippen molar-refractivity contribution in [3.8, 4) is 33.4 Å². The van der Waals surface area contributed by atoms with Gasteiger partial charge >= 0.3 is 0 Å². The average Bonchev–Trinajstić information content (AvgIpc) is 3.66. The van der Waals surface area contributed by atoms with Crippen LogP contribution >= 0.6 is 0 Å². The molecule has 0 aliphatic rings. The van der Waals surface area contributed by atoms with E-state index in [4.69, 9.17) is 0 Å². The predicted octanol–water partition coefficient (Wildman–Crippen LogP) is 22.4. The SMILES string of the molecule is Cc1cc(N(c2cc(C)c(N(c3ccccc3)c3cccc(-c4ccccc4)c3)cc2C)c2cc(C)c(N(c3ccccc3)c3cccc(-c4ccccc4)c3)cc2C)c(C)cc1N(c1ccccc1)c1cccc(-c2ccccc2)c1. The number of hydrogen-bond donors (Lipinski definition) is 0. The fourth-order valence-corrected chi connectivity index (χ4v) is 11.6. The van der Waals surface area contributed by atoms with Gasteiger partial charge in [-0.2, -0.15) is 0 Å². The second-order valence-electron chi connectivity index (χ2n) is 21.4. The number of aryl methyl sites for hydroxylation is 6. The second-order valence-corrected chi connectivity index (χ2v) is 21.4. The van der Waals surface area contributed by atoms with E-state index in [1.807, 2.05) is 0 Å². The highest BCUT2D eigenvalue weighted by Crippen LogP contribution is 2.49. The molecule has 4 heteroatoms. The molecule has 0 aliphatic carbocycles. The van der Waals surface area contributed by atoms with Gasteiger partial charge in [0.1, 0.15) is 0 Å². The smallest absolute Gasteiger partial charge is 0.0495 e. The Morgan fingerprint density at radius 3 is 0.573 bits per heavy atom. The van der Waals surface area contributed by atoms with E-state index in [9.17, 15) is 0 Å². The molecule has 0 heterocycles. The van der Waals surface area contributed by atoms with E-state index < -0.39 is 0 Å². The van der Waals surface area contributed by atoms with Gasteiger partial charge in [0, 0.05) is 68.2 Å². The molecule has 0 radical (unpaired) electrons. The molecule has 0 saturated heterocycles. The monoisotopic (exact) mass is 1060 g/mol. The van der Waals surface area contributed by atoms with Crippen molar-refractivity contribution in [2.45, 2.75) is 41.5 Å². The Morgan fingerprint density at radius 1 is 0.159 bits per heavy atom. The fraction of sp³-hybridized carbons (Fsp3) is 0.0769. The summed E-state index contributed by atoms with van der Waals surface area (Å²) in [6.07, 6.45) is 0. The van der Waals surface area contributed by atoms with Crippen LogP contribution < -0.4 is 19.6 Å². The highest BCUT2D eigenvalue weighted by atomic mass is 15.2. The minimum Gasteiger partial charge on any atom is -0.310 e. The van der Waals surface area contributed by atoms with Gasteiger partial charge in [0.2, 0.25) is 0 Å². The molecule has 0 N–H and O–H groups in total. The summed E-state index contributed by atoms with van der Waals surface area (Å²) in [6, 6.07) is 105. The van der Waals surface area contributed by atoms with Crippen molar-refractivity contribution in [2.75, 3.05) is 19.6 Å². The molecule has 12 rings (SSSR count). The van der Waals surface area contributed by atoms with Crippen LogP contribution in [0.15, 0.2) is 291 Å². The van der Waals surface area contributed by atoms with E-state index in [0.29, 0.717) is 0 Å². The normalized spacial score (nSPS) is 11.0. The highest BCUT2D eigenvalue weighted by molar-refractivity contribution is 5.92. The average molecular weight is 1060 g/mol. The topological polar surface area (TPSA) is 13.0 Å². The maximum atomic E-state index is 2.53. The van der Waals surface area contributed by atoms with Crippen LogP contribution in [0.3, 0.4) is 0 Å². The molecule has 82 heavy (non-hydrogen) atoms. The fourth-order valence-electron chi connectivity index (χ4n) is 11.6. The van der Waals surface area contributed by atoms with Crippen molar-refractivity contribution in [1.29, 1.82) is 0 Å². The minimum atomic E-state index is 1.10. The lowest BCUT2D eigenvalue weighted by molar-refractivity contribution is 1.15. The van der Waals surface area contributed by atoms with Crippen LogP contribution in [0.5, 0.6) is 0 Å². The highest BCUT2D eigenvalue weighted by Gasteiger charge is 2.27. The second kappa shape index (κ2) is 23.3. The summed E-state index contributed by atoms with van der Waals surface area (Å²) >= 11 is 0. The maximum absolute atomic E-state index is 2.53. The summed E-state index contributed by atoms with van der Waals surface area (Å²) in [5.41, 5.74) is 27.3. The molecule has 398 valence electrons. The van der Waals surface area contributed by atoms with Gasteiger partial charge in [-0.05, 0) is 217 Å². The lowest BCUT2D eigenvalue weighted by atomic mass is 9.98. The van der Waals surface area contributed by atoms with E-state index in [2.05, 4.69) is 352 Å². The van der Waals surface area contributed by atoms with E-state index in [-0.39, 0.29) is 0 Å². The zero-order valence-corrected chi connectivity index (χ0v) is 47.5. The molecule has 0 saturated carbocycles. The first-order valence-corrected chi connectivity index (χ1v) is 28.3. The summed E-state index contributed by atoms with van der Waals surface area (Å²) in [5.74, 6) is 0. The van der Waals surface area contributed by atoms with Gasteiger partial charge in [-0.15, -0.1) is 0 Å². The standard InChI is InChI=1S/C78H66N4/c1-55-49-76(58(4)46-73(55)79(67-37-19-10-20-38-67)70-43-25-34-64(52-70)61-28-13-7-14-29-61)82(77-50-56(2)74(47-59(77)5)80(68-39-21-11-22-40-68)71-44-26-35-65(53-71)62-30-15-8-16-31-62)78-51-57(3)75(48-60(78)6)81(69-41-23-12-24-42-69)72-45-27-36-66(54-72)63-32-17-9-18-33-63/h7-54H,1-6H3. The Kier molecular flexibility index (Phi) is 14.9. The van der Waals surface area contributed by atoms with Gasteiger partial charge in [-0.3, -0.25) is 0 Å². The number of benzene rings is 12. The van der Waals surface area contributed by atoms with E-state index in [0.717, 1.165) is 102 Å². The number of para-hydroxylation sites is 3. The molecule has 0 aliphatic heterocycles. The van der Waals surface area contributed by atoms with E-state index >= 15 is 0 Å². The molecular weight excluding hydrogens is 993 g/mol. The largest absolute Gasteiger partial charge is 0.310 e. The third kappa shape index (κ3) is 10.7. The van der Waals surface area contributed by atoms with Crippen LogP contribution in [0.4, 0.5) is 68.2 Å². The minimum absolute atomic E-state index is 1.10. The lowest BCUT2D eigenvalue weighted by Crippen LogP contribution is -2.18. The molecule has 12 aromatic rings. The Bertz CT molecular complexity index is 3730. The van der Waals surface area contributed by atoms with Crippen LogP contribution in [-0.4, -0.2) is 0 Å². The summed E-state index contributed by atoms with van der Waals surface area (Å²) in [6.45, 7) is 13.6. The third-order valence-corrected chi connectivity index (χ3v) is 15.7. The van der Waals surface area contributed by atoms with Crippen molar-refractivity contribution in [2.24, 2.45) is 0 Å². The van der Waals surface area contributed by atoms with Crippen molar-refractivity contribution in [1.82, 2.24) is 0 Å². The first-order valence-electron chi connectivity index (χ1n) is 28.3. The third-order valence-electron chi connectivity index (χ3n) is 15.7. The van der Waals surface area contributed by atoms with Crippen LogP contribution in [0, 0.1) is 41.5 Å². The van der Waals surface area contributed by atoms with Crippen LogP contribution in [0.25, 0.3) is 33.4 Å². The van der Waals surface area contributed by atoms with Crippen LogP contribution in [0.1, 0.15) is 33.4 Å². The lowest BCUT2D eigenvalue weighted by Gasteiger charge is -2.35. The molecule has 0 bridgehead atoms.